The van der Waals surface area contributed by atoms with E-state index in [1.165, 1.54) is 19.2 Å². The van der Waals surface area contributed by atoms with Gasteiger partial charge in [-0.25, -0.2) is 22.5 Å². The Hall–Kier alpha value is -2.98. The number of aromatic amines is 1. The van der Waals surface area contributed by atoms with E-state index in [0.29, 0.717) is 42.2 Å². The topological polar surface area (TPSA) is 104 Å². The average molecular weight is 487 g/mol. The number of carbonyl (C=O) groups is 1. The highest BCUT2D eigenvalue weighted by Crippen LogP contribution is 2.47. The Morgan fingerprint density at radius 1 is 1.21 bits per heavy atom. The van der Waals surface area contributed by atoms with Crippen molar-refractivity contribution >= 4 is 27.0 Å². The summed E-state index contributed by atoms with van der Waals surface area (Å²) >= 11 is 0. The quantitative estimate of drug-likeness (QED) is 0.558. The van der Waals surface area contributed by atoms with Gasteiger partial charge in [-0.3, -0.25) is 4.79 Å². The summed E-state index contributed by atoms with van der Waals surface area (Å²) in [6.07, 6.45) is 3.53. The number of ether oxygens (including phenoxy) is 1. The fourth-order valence-corrected chi connectivity index (χ4v) is 6.13. The van der Waals surface area contributed by atoms with Gasteiger partial charge in [-0.05, 0) is 73.5 Å². The second-order valence-electron chi connectivity index (χ2n) is 9.14. The molecule has 3 aromatic rings. The Morgan fingerprint density at radius 3 is 2.62 bits per heavy atom. The van der Waals surface area contributed by atoms with Crippen LogP contribution in [0.2, 0.25) is 0 Å². The van der Waals surface area contributed by atoms with E-state index < -0.39 is 15.8 Å². The lowest BCUT2D eigenvalue weighted by Gasteiger charge is -2.19. The van der Waals surface area contributed by atoms with Crippen molar-refractivity contribution < 1.29 is 22.3 Å². The average Bonchev–Trinajstić information content (AvgIpc) is 3.51. The molecule has 180 valence electrons. The Kier molecular flexibility index (Phi) is 5.81. The summed E-state index contributed by atoms with van der Waals surface area (Å²) < 4.78 is 45.1. The zero-order valence-corrected chi connectivity index (χ0v) is 19.9. The van der Waals surface area contributed by atoms with Crippen LogP contribution in [0.25, 0.3) is 22.2 Å². The maximum absolute atomic E-state index is 14.0. The first-order chi connectivity index (χ1) is 16.3. The smallest absolute Gasteiger partial charge is 0.239 e. The number of amides is 1. The summed E-state index contributed by atoms with van der Waals surface area (Å²) in [5.41, 5.74) is 3.35. The lowest BCUT2D eigenvalue weighted by molar-refractivity contribution is -0.127. The molecule has 3 heterocycles. The minimum absolute atomic E-state index is 0.296. The first-order valence-electron chi connectivity index (χ1n) is 11.3. The Morgan fingerprint density at radius 2 is 1.94 bits per heavy atom. The molecule has 3 atom stereocenters. The van der Waals surface area contributed by atoms with Gasteiger partial charge in [0.05, 0.1) is 7.11 Å². The minimum Gasteiger partial charge on any atom is -0.496 e. The van der Waals surface area contributed by atoms with Crippen LogP contribution < -0.4 is 9.46 Å². The summed E-state index contributed by atoms with van der Waals surface area (Å²) in [6.45, 7) is 1.17. The standard InChI is InChI=1S/C24H27FN4O4S/c1-26-34(31,32)13-23(30)29-11-15-7-14(8-16(15)12-29)21-10-20-18(5-6-27-24(20)28-21)19-9-17(25)3-4-22(19)33-2/h3-6,9-10,14-16,26H,7-8,11-13H2,1-2H3,(H,27,28)/t14-,15-,16+. The van der Waals surface area contributed by atoms with E-state index in [2.05, 4.69) is 20.8 Å². The third kappa shape index (κ3) is 4.16. The van der Waals surface area contributed by atoms with E-state index >= 15 is 0 Å². The summed E-state index contributed by atoms with van der Waals surface area (Å²) in [6, 6.07) is 8.43. The number of aromatic nitrogens is 2. The van der Waals surface area contributed by atoms with E-state index in [4.69, 9.17) is 4.74 Å². The number of nitrogens with one attached hydrogen (secondary N) is 2. The number of likely N-dealkylation sites (tertiary alicyclic amines) is 1. The highest BCUT2D eigenvalue weighted by Gasteiger charge is 2.43. The van der Waals surface area contributed by atoms with Crippen LogP contribution in [0, 0.1) is 17.7 Å². The summed E-state index contributed by atoms with van der Waals surface area (Å²) in [7, 11) is -0.686. The lowest BCUT2D eigenvalue weighted by Crippen LogP contribution is -2.37. The highest BCUT2D eigenvalue weighted by atomic mass is 32.2. The molecule has 2 aromatic heterocycles. The van der Waals surface area contributed by atoms with Gasteiger partial charge in [0.2, 0.25) is 15.9 Å². The van der Waals surface area contributed by atoms with Gasteiger partial charge < -0.3 is 14.6 Å². The van der Waals surface area contributed by atoms with Crippen LogP contribution in [0.3, 0.4) is 0 Å². The number of carbonyl (C=O) groups excluding carboxylic acids is 1. The summed E-state index contributed by atoms with van der Waals surface area (Å²) in [5.74, 6) is 0.390. The lowest BCUT2D eigenvalue weighted by atomic mass is 9.99. The molecule has 5 rings (SSSR count). The van der Waals surface area contributed by atoms with Crippen molar-refractivity contribution in [3.8, 4) is 16.9 Å². The number of halogens is 1. The Labute approximate surface area is 197 Å². The van der Waals surface area contributed by atoms with Crippen LogP contribution in [-0.2, 0) is 14.8 Å². The van der Waals surface area contributed by atoms with Gasteiger partial charge in [-0.2, -0.15) is 0 Å². The van der Waals surface area contributed by atoms with Gasteiger partial charge in [-0.1, -0.05) is 0 Å². The monoisotopic (exact) mass is 486 g/mol. The molecule has 1 saturated carbocycles. The molecule has 1 aromatic carbocycles. The molecule has 2 aliphatic rings. The number of benzene rings is 1. The van der Waals surface area contributed by atoms with Crippen molar-refractivity contribution in [3.63, 3.8) is 0 Å². The second kappa shape index (κ2) is 8.66. The van der Waals surface area contributed by atoms with Crippen LogP contribution >= 0.6 is 0 Å². The van der Waals surface area contributed by atoms with Crippen LogP contribution in [0.15, 0.2) is 36.5 Å². The highest BCUT2D eigenvalue weighted by molar-refractivity contribution is 7.90. The van der Waals surface area contributed by atoms with Gasteiger partial charge in [0, 0.05) is 35.9 Å². The largest absolute Gasteiger partial charge is 0.496 e. The molecular weight excluding hydrogens is 459 g/mol. The third-order valence-electron chi connectivity index (χ3n) is 7.17. The van der Waals surface area contributed by atoms with E-state index in [1.54, 1.807) is 24.3 Å². The fraction of sp³-hybridized carbons (Fsp3) is 0.417. The number of sulfonamides is 1. The summed E-state index contributed by atoms with van der Waals surface area (Å²) in [4.78, 5) is 22.0. The number of methoxy groups -OCH3 is 1. The van der Waals surface area contributed by atoms with E-state index in [1.807, 2.05) is 6.07 Å². The van der Waals surface area contributed by atoms with Gasteiger partial charge >= 0.3 is 0 Å². The molecule has 8 nitrogen and oxygen atoms in total. The first kappa shape index (κ1) is 22.8. The molecule has 1 saturated heterocycles. The number of fused-ring (bicyclic) bond motifs is 2. The van der Waals surface area contributed by atoms with Gasteiger partial charge in [-0.15, -0.1) is 0 Å². The normalized spacial score (nSPS) is 22.3. The van der Waals surface area contributed by atoms with Crippen molar-refractivity contribution in [1.82, 2.24) is 19.6 Å². The zero-order valence-electron chi connectivity index (χ0n) is 19.0. The molecule has 1 amide bonds. The Bertz CT molecular complexity index is 1340. The third-order valence-corrected chi connectivity index (χ3v) is 8.42. The zero-order chi connectivity index (χ0) is 24.0. The van der Waals surface area contributed by atoms with Crippen LogP contribution in [0.5, 0.6) is 5.75 Å². The number of pyridine rings is 1. The minimum atomic E-state index is -3.57. The first-order valence-corrected chi connectivity index (χ1v) is 12.9. The van der Waals surface area contributed by atoms with Gasteiger partial charge in [0.15, 0.2) is 0 Å². The van der Waals surface area contributed by atoms with Crippen molar-refractivity contribution in [2.24, 2.45) is 11.8 Å². The molecule has 34 heavy (non-hydrogen) atoms. The molecule has 10 heteroatoms. The maximum Gasteiger partial charge on any atom is 0.239 e. The van der Waals surface area contributed by atoms with Gasteiger partial charge in [0.1, 0.15) is 23.0 Å². The van der Waals surface area contributed by atoms with E-state index in [9.17, 15) is 17.6 Å². The number of rotatable bonds is 6. The number of H-pyrrole nitrogens is 1. The molecule has 0 unspecified atom stereocenters. The van der Waals surface area contributed by atoms with Crippen LogP contribution in [0.4, 0.5) is 4.39 Å². The molecule has 2 N–H and O–H groups in total. The number of nitrogens with zero attached hydrogens (tertiary/aromatic N) is 2. The summed E-state index contributed by atoms with van der Waals surface area (Å²) in [5, 5.41) is 0.910. The molecule has 0 radical (unpaired) electrons. The predicted octanol–water partition coefficient (Wildman–Crippen LogP) is 2.88. The molecule has 2 fully saturated rings. The van der Waals surface area contributed by atoms with Crippen molar-refractivity contribution in [1.29, 1.82) is 0 Å². The van der Waals surface area contributed by atoms with Crippen molar-refractivity contribution in [2.75, 3.05) is 33.0 Å². The number of hydrogen-bond acceptors (Lipinski definition) is 5. The molecular formula is C24H27FN4O4S. The van der Waals surface area contributed by atoms with Gasteiger partial charge in [0.25, 0.3) is 0 Å². The fourth-order valence-electron chi connectivity index (χ4n) is 5.48. The molecule has 1 aliphatic carbocycles. The maximum atomic E-state index is 14.0. The van der Waals surface area contributed by atoms with E-state index in [-0.39, 0.29) is 11.7 Å². The number of hydrogen-bond donors (Lipinski definition) is 2. The van der Waals surface area contributed by atoms with E-state index in [0.717, 1.165) is 35.1 Å². The van der Waals surface area contributed by atoms with Crippen molar-refractivity contribution in [2.45, 2.75) is 18.8 Å². The molecule has 0 bridgehead atoms. The van der Waals surface area contributed by atoms with Crippen LogP contribution in [-0.4, -0.2) is 62.2 Å². The molecule has 1 aliphatic heterocycles. The van der Waals surface area contributed by atoms with Crippen LogP contribution in [0.1, 0.15) is 24.5 Å². The Balaban J connectivity index is 1.35. The SMILES string of the molecule is CNS(=O)(=O)CC(=O)N1C[C@H]2C[C@@H](c3cc4c(-c5cc(F)ccc5OC)ccnc4[nH]3)C[C@H]2C1. The molecule has 0 spiro atoms. The second-order valence-corrected chi connectivity index (χ2v) is 11.1. The predicted molar refractivity (Wildman–Crippen MR) is 126 cm³/mol. The van der Waals surface area contributed by atoms with Crippen molar-refractivity contribution in [3.05, 3.63) is 48.0 Å².